The Morgan fingerprint density at radius 2 is 2.17 bits per heavy atom. The van der Waals surface area contributed by atoms with Crippen molar-refractivity contribution in [1.82, 2.24) is 0 Å². The van der Waals surface area contributed by atoms with Gasteiger partial charge in [-0.25, -0.2) is 0 Å². The van der Waals surface area contributed by atoms with Crippen LogP contribution in [0.15, 0.2) is 12.1 Å². The van der Waals surface area contributed by atoms with Crippen LogP contribution in [0.5, 0.6) is 5.75 Å². The zero-order valence-electron chi connectivity index (χ0n) is 10.9. The summed E-state index contributed by atoms with van der Waals surface area (Å²) >= 11 is 6.30. The Morgan fingerprint density at radius 3 is 2.78 bits per heavy atom. The van der Waals surface area contributed by atoms with Crippen LogP contribution < -0.4 is 10.5 Å². The van der Waals surface area contributed by atoms with Crippen molar-refractivity contribution < 1.29 is 9.53 Å². The van der Waals surface area contributed by atoms with E-state index in [1.54, 1.807) is 13.0 Å². The van der Waals surface area contributed by atoms with Gasteiger partial charge in [-0.1, -0.05) is 11.6 Å². The summed E-state index contributed by atoms with van der Waals surface area (Å²) in [6, 6.07) is 2.98. The van der Waals surface area contributed by atoms with E-state index in [0.717, 1.165) is 24.2 Å². The maximum absolute atomic E-state index is 11.9. The van der Waals surface area contributed by atoms with Gasteiger partial charge in [-0.3, -0.25) is 4.79 Å². The third-order valence-corrected chi connectivity index (χ3v) is 3.67. The molecule has 2 N–H and O–H groups in total. The molecular formula is C14H18ClNO2. The molecule has 98 valence electrons. The Labute approximate surface area is 112 Å². The fourth-order valence-corrected chi connectivity index (χ4v) is 2.49. The molecule has 1 aromatic rings. The highest BCUT2D eigenvalue weighted by atomic mass is 35.5. The molecule has 4 heteroatoms. The number of hydrogen-bond donors (Lipinski definition) is 1. The third-order valence-electron chi connectivity index (χ3n) is 3.24. The first-order chi connectivity index (χ1) is 8.32. The van der Waals surface area contributed by atoms with E-state index < -0.39 is 6.04 Å². The molecule has 0 bridgehead atoms. The number of ketones is 1. The topological polar surface area (TPSA) is 52.3 Å². The van der Waals surface area contributed by atoms with Crippen LogP contribution >= 0.6 is 11.6 Å². The molecule has 0 amide bonds. The number of halogens is 1. The summed E-state index contributed by atoms with van der Waals surface area (Å²) in [6.45, 7) is 5.76. The van der Waals surface area contributed by atoms with Gasteiger partial charge in [0.15, 0.2) is 5.78 Å². The van der Waals surface area contributed by atoms with Crippen LogP contribution in [0.3, 0.4) is 0 Å². The summed E-state index contributed by atoms with van der Waals surface area (Å²) in [5.74, 6) is 0.644. The van der Waals surface area contributed by atoms with Gasteiger partial charge in [0.05, 0.1) is 11.1 Å². The average molecular weight is 268 g/mol. The lowest BCUT2D eigenvalue weighted by molar-refractivity contribution is 0.0846. The lowest BCUT2D eigenvalue weighted by Gasteiger charge is -2.33. The second-order valence-electron chi connectivity index (χ2n) is 5.42. The fourth-order valence-electron chi connectivity index (χ4n) is 2.14. The molecule has 0 aliphatic carbocycles. The summed E-state index contributed by atoms with van der Waals surface area (Å²) < 4.78 is 5.87. The van der Waals surface area contributed by atoms with Gasteiger partial charge in [0.2, 0.25) is 0 Å². The normalized spacial score (nSPS) is 18.7. The smallest absolute Gasteiger partial charge is 0.180 e. The molecule has 1 aliphatic rings. The molecule has 0 radical (unpaired) electrons. The summed E-state index contributed by atoms with van der Waals surface area (Å²) in [5, 5.41) is 0.491. The highest BCUT2D eigenvalue weighted by molar-refractivity contribution is 6.35. The van der Waals surface area contributed by atoms with Crippen LogP contribution in [0.25, 0.3) is 0 Å². The standard InChI is InChI=1S/C14H18ClNO2/c1-8(16)13(17)10-4-5-11-9(12(10)15)6-7-14(2,3)18-11/h4-5,8H,6-7,16H2,1-3H3. The van der Waals surface area contributed by atoms with E-state index in [9.17, 15) is 4.79 Å². The van der Waals surface area contributed by atoms with E-state index in [1.807, 2.05) is 19.9 Å². The van der Waals surface area contributed by atoms with Gasteiger partial charge in [0, 0.05) is 11.1 Å². The molecule has 1 heterocycles. The Kier molecular flexibility index (Phi) is 3.39. The maximum atomic E-state index is 11.9. The molecule has 1 aliphatic heterocycles. The van der Waals surface area contributed by atoms with E-state index in [0.29, 0.717) is 10.6 Å². The largest absolute Gasteiger partial charge is 0.488 e. The first kappa shape index (κ1) is 13.4. The van der Waals surface area contributed by atoms with E-state index in [1.165, 1.54) is 0 Å². The maximum Gasteiger partial charge on any atom is 0.180 e. The van der Waals surface area contributed by atoms with Crippen LogP contribution in [-0.4, -0.2) is 17.4 Å². The summed E-state index contributed by atoms with van der Waals surface area (Å²) in [4.78, 5) is 11.9. The second-order valence-corrected chi connectivity index (χ2v) is 5.80. The first-order valence-electron chi connectivity index (χ1n) is 6.12. The minimum absolute atomic E-state index is 0.132. The molecule has 2 rings (SSSR count). The molecule has 0 saturated heterocycles. The monoisotopic (exact) mass is 267 g/mol. The van der Waals surface area contributed by atoms with Crippen molar-refractivity contribution in [3.05, 3.63) is 28.3 Å². The van der Waals surface area contributed by atoms with Gasteiger partial charge in [-0.15, -0.1) is 0 Å². The van der Waals surface area contributed by atoms with Gasteiger partial charge < -0.3 is 10.5 Å². The predicted molar refractivity (Wildman–Crippen MR) is 72.5 cm³/mol. The molecule has 3 nitrogen and oxygen atoms in total. The van der Waals surface area contributed by atoms with Crippen molar-refractivity contribution in [3.63, 3.8) is 0 Å². The Hall–Kier alpha value is -1.06. The number of carbonyl (C=O) groups is 1. The van der Waals surface area contributed by atoms with Crippen molar-refractivity contribution in [2.45, 2.75) is 45.3 Å². The average Bonchev–Trinajstić information content (AvgIpc) is 2.27. The highest BCUT2D eigenvalue weighted by Gasteiger charge is 2.29. The lowest BCUT2D eigenvalue weighted by Crippen LogP contribution is -2.33. The minimum Gasteiger partial charge on any atom is -0.488 e. The molecule has 0 saturated carbocycles. The number of carbonyl (C=O) groups excluding carboxylic acids is 1. The molecule has 1 unspecified atom stereocenters. The van der Waals surface area contributed by atoms with Crippen molar-refractivity contribution >= 4 is 17.4 Å². The summed E-state index contributed by atoms with van der Waals surface area (Å²) in [5.41, 5.74) is 6.85. The quantitative estimate of drug-likeness (QED) is 0.838. The van der Waals surface area contributed by atoms with Crippen molar-refractivity contribution in [1.29, 1.82) is 0 Å². The number of Topliss-reactive ketones (excluding diaryl/α,β-unsaturated/α-hetero) is 1. The Morgan fingerprint density at radius 1 is 1.50 bits per heavy atom. The SMILES string of the molecule is CC(N)C(=O)c1ccc2c(c1Cl)CCC(C)(C)O2. The Balaban J connectivity index is 2.43. The van der Waals surface area contributed by atoms with Crippen LogP contribution in [0, 0.1) is 0 Å². The molecule has 1 aromatic carbocycles. The third kappa shape index (κ3) is 2.38. The first-order valence-corrected chi connectivity index (χ1v) is 6.50. The Bertz CT molecular complexity index is 495. The summed E-state index contributed by atoms with van der Waals surface area (Å²) in [7, 11) is 0. The number of fused-ring (bicyclic) bond motifs is 1. The highest BCUT2D eigenvalue weighted by Crippen LogP contribution is 2.38. The van der Waals surface area contributed by atoms with E-state index in [-0.39, 0.29) is 11.4 Å². The molecule has 18 heavy (non-hydrogen) atoms. The van der Waals surface area contributed by atoms with Crippen molar-refractivity contribution in [3.8, 4) is 5.75 Å². The van der Waals surface area contributed by atoms with Crippen LogP contribution in [0.4, 0.5) is 0 Å². The number of hydrogen-bond acceptors (Lipinski definition) is 3. The van der Waals surface area contributed by atoms with Crippen LogP contribution in [0.2, 0.25) is 5.02 Å². The molecule has 0 fully saturated rings. The number of ether oxygens (including phenoxy) is 1. The zero-order chi connectivity index (χ0) is 13.5. The fraction of sp³-hybridized carbons (Fsp3) is 0.500. The van der Waals surface area contributed by atoms with Gasteiger partial charge in [0.1, 0.15) is 11.4 Å². The van der Waals surface area contributed by atoms with Crippen molar-refractivity contribution in [2.75, 3.05) is 0 Å². The molecule has 0 aromatic heterocycles. The van der Waals surface area contributed by atoms with E-state index in [2.05, 4.69) is 0 Å². The van der Waals surface area contributed by atoms with Crippen LogP contribution in [0.1, 0.15) is 43.1 Å². The number of nitrogens with two attached hydrogens (primary N) is 1. The van der Waals surface area contributed by atoms with Gasteiger partial charge in [0.25, 0.3) is 0 Å². The van der Waals surface area contributed by atoms with Gasteiger partial charge in [-0.05, 0) is 45.7 Å². The van der Waals surface area contributed by atoms with E-state index >= 15 is 0 Å². The van der Waals surface area contributed by atoms with Crippen molar-refractivity contribution in [2.24, 2.45) is 5.73 Å². The van der Waals surface area contributed by atoms with E-state index in [4.69, 9.17) is 22.1 Å². The summed E-state index contributed by atoms with van der Waals surface area (Å²) in [6.07, 6.45) is 1.71. The lowest BCUT2D eigenvalue weighted by atomic mass is 9.92. The van der Waals surface area contributed by atoms with Gasteiger partial charge >= 0.3 is 0 Å². The number of rotatable bonds is 2. The molecule has 1 atom stereocenters. The van der Waals surface area contributed by atoms with Crippen LogP contribution in [-0.2, 0) is 6.42 Å². The second kappa shape index (κ2) is 4.56. The predicted octanol–water partition coefficient (Wildman–Crippen LogP) is 2.97. The zero-order valence-corrected chi connectivity index (χ0v) is 11.7. The molecule has 0 spiro atoms. The van der Waals surface area contributed by atoms with Gasteiger partial charge in [-0.2, -0.15) is 0 Å². The molecular weight excluding hydrogens is 250 g/mol. The minimum atomic E-state index is -0.540. The number of benzene rings is 1.